The van der Waals surface area contributed by atoms with Crippen molar-refractivity contribution in [3.63, 3.8) is 0 Å². The molecule has 1 atom stereocenters. The lowest BCUT2D eigenvalue weighted by Crippen LogP contribution is -2.44. The molecule has 5 heteroatoms. The highest BCUT2D eigenvalue weighted by atomic mass is 32.1. The first-order chi connectivity index (χ1) is 9.32. The number of hydrogen-bond acceptors (Lipinski definition) is 3. The normalized spacial score (nSPS) is 12.1. The molecule has 0 spiro atoms. The van der Waals surface area contributed by atoms with E-state index >= 15 is 0 Å². The van der Waals surface area contributed by atoms with Crippen LogP contribution < -0.4 is 16.0 Å². The van der Waals surface area contributed by atoms with Gasteiger partial charge in [-0.25, -0.2) is 0 Å². The molecule has 1 amide bonds. The lowest BCUT2D eigenvalue weighted by Gasteiger charge is -2.26. The van der Waals surface area contributed by atoms with Crippen molar-refractivity contribution < 1.29 is 4.79 Å². The largest absolute Gasteiger partial charge is 0.389 e. The maximum absolute atomic E-state index is 12.1. The molecule has 0 saturated carbocycles. The minimum Gasteiger partial charge on any atom is -0.389 e. The summed E-state index contributed by atoms with van der Waals surface area (Å²) in [5.74, 6) is 0.455. The van der Waals surface area contributed by atoms with E-state index in [-0.39, 0.29) is 11.9 Å². The lowest BCUT2D eigenvalue weighted by molar-refractivity contribution is -0.122. The van der Waals surface area contributed by atoms with Crippen LogP contribution in [-0.4, -0.2) is 30.5 Å². The second-order valence-corrected chi connectivity index (χ2v) is 5.78. The number of thiocarbonyl (C=S) groups is 1. The fraction of sp³-hybridized carbons (Fsp3) is 0.467. The molecule has 20 heavy (non-hydrogen) atoms. The van der Waals surface area contributed by atoms with E-state index in [1.54, 1.807) is 0 Å². The second-order valence-electron chi connectivity index (χ2n) is 5.34. The zero-order chi connectivity index (χ0) is 15.3. The maximum Gasteiger partial charge on any atom is 0.242 e. The summed E-state index contributed by atoms with van der Waals surface area (Å²) in [5.41, 5.74) is 7.36. The summed E-state index contributed by atoms with van der Waals surface area (Å²) in [6.45, 7) is 6.70. The zero-order valence-corrected chi connectivity index (χ0v) is 13.3. The molecule has 0 saturated heterocycles. The van der Waals surface area contributed by atoms with Crippen molar-refractivity contribution in [3.8, 4) is 0 Å². The minimum atomic E-state index is -0.254. The van der Waals surface area contributed by atoms with Gasteiger partial charge in [-0.2, -0.15) is 0 Å². The fourth-order valence-electron chi connectivity index (χ4n) is 1.73. The Bertz CT molecular complexity index is 488. The number of rotatable bonds is 6. The van der Waals surface area contributed by atoms with Crippen LogP contribution >= 0.6 is 12.2 Å². The molecular weight excluding hydrogens is 270 g/mol. The molecule has 4 nitrogen and oxygen atoms in total. The van der Waals surface area contributed by atoms with Gasteiger partial charge in [-0.05, 0) is 25.0 Å². The van der Waals surface area contributed by atoms with Crippen molar-refractivity contribution in [1.82, 2.24) is 5.32 Å². The molecule has 1 unspecified atom stereocenters. The maximum atomic E-state index is 12.1. The quantitative estimate of drug-likeness (QED) is 0.787. The zero-order valence-electron chi connectivity index (χ0n) is 12.5. The highest BCUT2D eigenvalue weighted by Gasteiger charge is 2.18. The SMILES string of the molecule is CC(C)CNC(=O)C(C)N(C)c1cccc(C(N)=S)c1. The summed E-state index contributed by atoms with van der Waals surface area (Å²) in [5, 5.41) is 2.94. The first-order valence-electron chi connectivity index (χ1n) is 6.73. The molecule has 1 rings (SSSR count). The van der Waals surface area contributed by atoms with Gasteiger partial charge in [0.2, 0.25) is 5.91 Å². The Balaban J connectivity index is 2.78. The number of nitrogens with two attached hydrogens (primary N) is 1. The van der Waals surface area contributed by atoms with Crippen LogP contribution in [0.3, 0.4) is 0 Å². The molecule has 0 aromatic heterocycles. The predicted molar refractivity (Wildman–Crippen MR) is 88.0 cm³/mol. The summed E-state index contributed by atoms with van der Waals surface area (Å²) in [7, 11) is 1.89. The van der Waals surface area contributed by atoms with E-state index in [9.17, 15) is 4.79 Å². The molecule has 0 aliphatic carbocycles. The summed E-state index contributed by atoms with van der Waals surface area (Å²) < 4.78 is 0. The molecule has 0 aliphatic rings. The number of amides is 1. The number of anilines is 1. The Morgan fingerprint density at radius 1 is 1.40 bits per heavy atom. The van der Waals surface area contributed by atoms with Crippen molar-refractivity contribution in [2.75, 3.05) is 18.5 Å². The Labute approximate surface area is 126 Å². The van der Waals surface area contributed by atoms with Crippen LogP contribution in [-0.2, 0) is 4.79 Å². The van der Waals surface area contributed by atoms with Gasteiger partial charge < -0.3 is 16.0 Å². The number of carbonyl (C=O) groups is 1. The van der Waals surface area contributed by atoms with Crippen LogP contribution in [0.1, 0.15) is 26.3 Å². The van der Waals surface area contributed by atoms with Gasteiger partial charge in [-0.1, -0.05) is 38.2 Å². The molecule has 0 bridgehead atoms. The van der Waals surface area contributed by atoms with Gasteiger partial charge in [-0.15, -0.1) is 0 Å². The average Bonchev–Trinajstić information content (AvgIpc) is 2.43. The topological polar surface area (TPSA) is 58.4 Å². The molecule has 0 fully saturated rings. The van der Waals surface area contributed by atoms with Crippen LogP contribution in [0.4, 0.5) is 5.69 Å². The molecule has 0 radical (unpaired) electrons. The standard InChI is InChI=1S/C15H23N3OS/c1-10(2)9-17-15(19)11(3)18(4)13-7-5-6-12(8-13)14(16)20/h5-8,10-11H,9H2,1-4H3,(H2,16,20)(H,17,19). The van der Waals surface area contributed by atoms with Crippen LogP contribution in [0.15, 0.2) is 24.3 Å². The second kappa shape index (κ2) is 7.24. The summed E-state index contributed by atoms with van der Waals surface area (Å²) >= 11 is 4.98. The first-order valence-corrected chi connectivity index (χ1v) is 7.14. The van der Waals surface area contributed by atoms with Gasteiger partial charge >= 0.3 is 0 Å². The number of nitrogens with zero attached hydrogens (tertiary/aromatic N) is 1. The number of carbonyl (C=O) groups excluding carboxylic acids is 1. The Morgan fingerprint density at radius 3 is 2.60 bits per heavy atom. The van der Waals surface area contributed by atoms with E-state index < -0.39 is 0 Å². The van der Waals surface area contributed by atoms with Gasteiger partial charge in [0.15, 0.2) is 0 Å². The van der Waals surface area contributed by atoms with Gasteiger partial charge in [0.1, 0.15) is 11.0 Å². The van der Waals surface area contributed by atoms with Crippen molar-refractivity contribution >= 4 is 28.8 Å². The first kappa shape index (κ1) is 16.4. The number of hydrogen-bond donors (Lipinski definition) is 2. The summed E-state index contributed by atoms with van der Waals surface area (Å²) in [6, 6.07) is 7.33. The van der Waals surface area contributed by atoms with E-state index in [0.717, 1.165) is 11.3 Å². The van der Waals surface area contributed by atoms with Gasteiger partial charge in [0.25, 0.3) is 0 Å². The summed E-state index contributed by atoms with van der Waals surface area (Å²) in [6.07, 6.45) is 0. The third kappa shape index (κ3) is 4.49. The van der Waals surface area contributed by atoms with Crippen LogP contribution in [0.5, 0.6) is 0 Å². The van der Waals surface area contributed by atoms with E-state index in [0.29, 0.717) is 17.5 Å². The molecule has 3 N–H and O–H groups in total. The number of benzene rings is 1. The van der Waals surface area contributed by atoms with E-state index in [1.807, 2.05) is 43.1 Å². The molecule has 1 aromatic rings. The fourth-order valence-corrected chi connectivity index (χ4v) is 1.86. The Kier molecular flexibility index (Phi) is 5.95. The van der Waals surface area contributed by atoms with Crippen molar-refractivity contribution in [2.24, 2.45) is 11.7 Å². The monoisotopic (exact) mass is 293 g/mol. The Morgan fingerprint density at radius 2 is 2.05 bits per heavy atom. The van der Waals surface area contributed by atoms with Gasteiger partial charge in [0.05, 0.1) is 0 Å². The van der Waals surface area contributed by atoms with Crippen molar-refractivity contribution in [3.05, 3.63) is 29.8 Å². The molecule has 1 aromatic carbocycles. The molecule has 0 aliphatic heterocycles. The van der Waals surface area contributed by atoms with E-state index in [2.05, 4.69) is 19.2 Å². The third-order valence-electron chi connectivity index (χ3n) is 3.18. The number of likely N-dealkylation sites (N-methyl/N-ethyl adjacent to an activating group) is 1. The Hall–Kier alpha value is -1.62. The summed E-state index contributed by atoms with van der Waals surface area (Å²) in [4.78, 5) is 14.4. The molecule has 0 heterocycles. The minimum absolute atomic E-state index is 0.0157. The van der Waals surface area contributed by atoms with Crippen LogP contribution in [0, 0.1) is 5.92 Å². The predicted octanol–water partition coefficient (Wildman–Crippen LogP) is 1.92. The van der Waals surface area contributed by atoms with E-state index in [1.165, 1.54) is 0 Å². The molecule has 110 valence electrons. The number of nitrogens with one attached hydrogen (secondary N) is 1. The van der Waals surface area contributed by atoms with Gasteiger partial charge in [-0.3, -0.25) is 4.79 Å². The third-order valence-corrected chi connectivity index (χ3v) is 3.42. The highest BCUT2D eigenvalue weighted by Crippen LogP contribution is 2.17. The smallest absolute Gasteiger partial charge is 0.242 e. The van der Waals surface area contributed by atoms with Crippen LogP contribution in [0.2, 0.25) is 0 Å². The lowest BCUT2D eigenvalue weighted by atomic mass is 10.1. The molecular formula is C15H23N3OS. The highest BCUT2D eigenvalue weighted by molar-refractivity contribution is 7.80. The van der Waals surface area contributed by atoms with E-state index in [4.69, 9.17) is 18.0 Å². The van der Waals surface area contributed by atoms with Crippen molar-refractivity contribution in [2.45, 2.75) is 26.8 Å². The van der Waals surface area contributed by atoms with Crippen molar-refractivity contribution in [1.29, 1.82) is 0 Å². The van der Waals surface area contributed by atoms with Crippen LogP contribution in [0.25, 0.3) is 0 Å². The van der Waals surface area contributed by atoms with Gasteiger partial charge in [0, 0.05) is 24.8 Å². The average molecular weight is 293 g/mol.